The number of halogens is 6. The van der Waals surface area contributed by atoms with Crippen molar-refractivity contribution in [3.8, 4) is 0 Å². The number of hydrogen-bond donors (Lipinski definition) is 1. The van der Waals surface area contributed by atoms with E-state index in [1.54, 1.807) is 0 Å². The Bertz CT molecular complexity index is 480. The molecule has 0 radical (unpaired) electrons. The zero-order chi connectivity index (χ0) is 14.8. The summed E-state index contributed by atoms with van der Waals surface area (Å²) in [5, 5.41) is 0. The smallest absolute Gasteiger partial charge is 0.370 e. The van der Waals surface area contributed by atoms with Crippen molar-refractivity contribution in [3.63, 3.8) is 0 Å². The number of carbonyl (C=O) groups excluding carboxylic acids is 1. The van der Waals surface area contributed by atoms with Crippen LogP contribution in [0.5, 0.6) is 0 Å². The average Bonchev–Trinajstić information content (AvgIpc) is 2.23. The van der Waals surface area contributed by atoms with Crippen molar-refractivity contribution >= 4 is 5.91 Å². The number of pyridine rings is 1. The van der Waals surface area contributed by atoms with Crippen molar-refractivity contribution in [2.75, 3.05) is 0 Å². The number of rotatable bonds is 3. The van der Waals surface area contributed by atoms with Gasteiger partial charge in [-0.15, -0.1) is 0 Å². The Hall–Kier alpha value is -1.80. The van der Waals surface area contributed by atoms with Crippen LogP contribution in [0.15, 0.2) is 12.3 Å². The van der Waals surface area contributed by atoms with E-state index >= 15 is 0 Å². The Morgan fingerprint density at radius 2 is 1.74 bits per heavy atom. The van der Waals surface area contributed by atoms with Gasteiger partial charge < -0.3 is 5.73 Å². The van der Waals surface area contributed by atoms with Gasteiger partial charge in [-0.25, -0.2) is 0 Å². The first-order valence-electron chi connectivity index (χ1n) is 4.93. The molecule has 0 saturated heterocycles. The van der Waals surface area contributed by atoms with Gasteiger partial charge in [-0.3, -0.25) is 9.78 Å². The molecule has 9 heteroatoms. The van der Waals surface area contributed by atoms with Gasteiger partial charge in [-0.2, -0.15) is 26.3 Å². The molecule has 1 amide bonds. The number of carbonyl (C=O) groups is 1. The average molecular weight is 286 g/mol. The van der Waals surface area contributed by atoms with Crippen molar-refractivity contribution in [2.24, 2.45) is 5.73 Å². The standard InChI is InChI=1S/C10H8F6N2O/c11-9(12,13)6-3-7(10(14,15)16)18-4-5(6)1-2-8(17)19/h3-4H,1-2H2,(H2,17,19). The maximum absolute atomic E-state index is 12.6. The molecule has 1 rings (SSSR count). The van der Waals surface area contributed by atoms with Gasteiger partial charge in [0.15, 0.2) is 0 Å². The summed E-state index contributed by atoms with van der Waals surface area (Å²) in [6.07, 6.45) is -10.3. The first-order valence-corrected chi connectivity index (χ1v) is 4.93. The quantitative estimate of drug-likeness (QED) is 0.868. The molecule has 1 aromatic heterocycles. The van der Waals surface area contributed by atoms with Crippen LogP contribution < -0.4 is 5.73 Å². The summed E-state index contributed by atoms with van der Waals surface area (Å²) in [5.41, 5.74) is 1.18. The molecule has 0 unspecified atom stereocenters. The number of nitrogens with two attached hydrogens (primary N) is 1. The minimum Gasteiger partial charge on any atom is -0.370 e. The molecule has 0 aliphatic rings. The van der Waals surface area contributed by atoms with Gasteiger partial charge >= 0.3 is 12.4 Å². The van der Waals surface area contributed by atoms with Crippen molar-refractivity contribution in [1.82, 2.24) is 4.98 Å². The number of nitrogens with zero attached hydrogens (tertiary/aromatic N) is 1. The summed E-state index contributed by atoms with van der Waals surface area (Å²) in [4.78, 5) is 13.4. The second kappa shape index (κ2) is 5.06. The summed E-state index contributed by atoms with van der Waals surface area (Å²) in [6.45, 7) is 0. The summed E-state index contributed by atoms with van der Waals surface area (Å²) >= 11 is 0. The third-order valence-electron chi connectivity index (χ3n) is 2.22. The van der Waals surface area contributed by atoms with Crippen LogP contribution in [-0.4, -0.2) is 10.9 Å². The van der Waals surface area contributed by atoms with Crippen LogP contribution in [0.3, 0.4) is 0 Å². The lowest BCUT2D eigenvalue weighted by atomic mass is 10.0. The van der Waals surface area contributed by atoms with E-state index in [4.69, 9.17) is 5.73 Å². The van der Waals surface area contributed by atoms with Crippen LogP contribution in [0.4, 0.5) is 26.3 Å². The third-order valence-corrected chi connectivity index (χ3v) is 2.22. The van der Waals surface area contributed by atoms with Crippen molar-refractivity contribution in [1.29, 1.82) is 0 Å². The molecule has 1 heterocycles. The maximum Gasteiger partial charge on any atom is 0.433 e. The molecule has 19 heavy (non-hydrogen) atoms. The highest BCUT2D eigenvalue weighted by atomic mass is 19.4. The summed E-state index contributed by atoms with van der Waals surface area (Å²) in [7, 11) is 0. The van der Waals surface area contributed by atoms with E-state index in [-0.39, 0.29) is 6.07 Å². The second-order valence-electron chi connectivity index (χ2n) is 3.69. The zero-order valence-corrected chi connectivity index (χ0v) is 9.27. The van der Waals surface area contributed by atoms with Crippen LogP contribution in [0.1, 0.15) is 23.2 Å². The van der Waals surface area contributed by atoms with Crippen LogP contribution in [0, 0.1) is 0 Å². The molecule has 0 bridgehead atoms. The summed E-state index contributed by atoms with van der Waals surface area (Å²) < 4.78 is 74.8. The lowest BCUT2D eigenvalue weighted by Gasteiger charge is -2.14. The van der Waals surface area contributed by atoms with E-state index in [9.17, 15) is 31.1 Å². The first kappa shape index (κ1) is 15.3. The first-order chi connectivity index (χ1) is 8.51. The Morgan fingerprint density at radius 1 is 1.16 bits per heavy atom. The molecule has 0 aliphatic carbocycles. The number of alkyl halides is 6. The molecule has 106 valence electrons. The topological polar surface area (TPSA) is 56.0 Å². The van der Waals surface area contributed by atoms with E-state index in [0.717, 1.165) is 0 Å². The number of amides is 1. The van der Waals surface area contributed by atoms with Crippen molar-refractivity contribution in [2.45, 2.75) is 25.2 Å². The predicted molar refractivity (Wildman–Crippen MR) is 51.8 cm³/mol. The van der Waals surface area contributed by atoms with Gasteiger partial charge in [-0.05, 0) is 18.1 Å². The Labute approximate surface area is 103 Å². The molecule has 2 N–H and O–H groups in total. The monoisotopic (exact) mass is 286 g/mol. The predicted octanol–water partition coefficient (Wildman–Crippen LogP) is 2.54. The van der Waals surface area contributed by atoms with E-state index in [1.165, 1.54) is 0 Å². The van der Waals surface area contributed by atoms with Gasteiger partial charge in [-0.1, -0.05) is 0 Å². The van der Waals surface area contributed by atoms with Gasteiger partial charge in [0.1, 0.15) is 5.69 Å². The molecule has 0 saturated carbocycles. The van der Waals surface area contributed by atoms with Gasteiger partial charge in [0, 0.05) is 12.6 Å². The van der Waals surface area contributed by atoms with Crippen LogP contribution >= 0.6 is 0 Å². The number of hydrogen-bond acceptors (Lipinski definition) is 2. The molecule has 1 aromatic rings. The molecule has 0 spiro atoms. The SMILES string of the molecule is NC(=O)CCc1cnc(C(F)(F)F)cc1C(F)(F)F. The van der Waals surface area contributed by atoms with E-state index in [2.05, 4.69) is 4.98 Å². The largest absolute Gasteiger partial charge is 0.433 e. The summed E-state index contributed by atoms with van der Waals surface area (Å²) in [5.74, 6) is -0.854. The number of aryl methyl sites for hydroxylation is 1. The van der Waals surface area contributed by atoms with E-state index in [1.807, 2.05) is 0 Å². The van der Waals surface area contributed by atoms with Crippen molar-refractivity contribution in [3.05, 3.63) is 29.1 Å². The fourth-order valence-corrected chi connectivity index (χ4v) is 1.36. The third kappa shape index (κ3) is 4.11. The second-order valence-corrected chi connectivity index (χ2v) is 3.69. The zero-order valence-electron chi connectivity index (χ0n) is 9.27. The highest BCUT2D eigenvalue weighted by molar-refractivity contribution is 5.74. The Balaban J connectivity index is 3.22. The number of primary amides is 1. The maximum atomic E-state index is 12.6. The lowest BCUT2D eigenvalue weighted by Crippen LogP contribution is -2.17. The van der Waals surface area contributed by atoms with Gasteiger partial charge in [0.05, 0.1) is 5.56 Å². The lowest BCUT2D eigenvalue weighted by molar-refractivity contribution is -0.146. The van der Waals surface area contributed by atoms with Crippen LogP contribution in [0.25, 0.3) is 0 Å². The van der Waals surface area contributed by atoms with Crippen LogP contribution in [0.2, 0.25) is 0 Å². The fraction of sp³-hybridized carbons (Fsp3) is 0.400. The van der Waals surface area contributed by atoms with E-state index in [0.29, 0.717) is 6.20 Å². The minimum atomic E-state index is -4.97. The molecule has 0 aromatic carbocycles. The van der Waals surface area contributed by atoms with Crippen LogP contribution in [-0.2, 0) is 23.6 Å². The highest BCUT2D eigenvalue weighted by Gasteiger charge is 2.39. The van der Waals surface area contributed by atoms with Gasteiger partial charge in [0.2, 0.25) is 5.91 Å². The molecule has 0 fully saturated rings. The molecular formula is C10H8F6N2O. The van der Waals surface area contributed by atoms with Crippen molar-refractivity contribution < 1.29 is 31.1 Å². The number of aromatic nitrogens is 1. The molecule has 0 atom stereocenters. The Kier molecular flexibility index (Phi) is 4.06. The normalized spacial score (nSPS) is 12.5. The minimum absolute atomic E-state index is 0.0731. The molecule has 3 nitrogen and oxygen atoms in total. The fourth-order valence-electron chi connectivity index (χ4n) is 1.36. The molecular weight excluding hydrogens is 278 g/mol. The van der Waals surface area contributed by atoms with E-state index < -0.39 is 47.9 Å². The van der Waals surface area contributed by atoms with Gasteiger partial charge in [0.25, 0.3) is 0 Å². The highest BCUT2D eigenvalue weighted by Crippen LogP contribution is 2.36. The summed E-state index contributed by atoms with van der Waals surface area (Å²) in [6, 6.07) is -0.0731. The Morgan fingerprint density at radius 3 is 2.16 bits per heavy atom. The molecule has 0 aliphatic heterocycles.